The molecule has 0 spiro atoms. The third kappa shape index (κ3) is 4.26. The molecule has 0 aliphatic rings. The van der Waals surface area contributed by atoms with Gasteiger partial charge in [0.15, 0.2) is 0 Å². The first kappa shape index (κ1) is 14.9. The Balaban J connectivity index is 2.07. The quantitative estimate of drug-likeness (QED) is 0.802. The van der Waals surface area contributed by atoms with E-state index in [4.69, 9.17) is 17.3 Å². The number of anilines is 1. The van der Waals surface area contributed by atoms with E-state index in [-0.39, 0.29) is 0 Å². The number of rotatable bonds is 6. The Morgan fingerprint density at radius 3 is 2.35 bits per heavy atom. The van der Waals surface area contributed by atoms with Crippen LogP contribution in [0.1, 0.15) is 24.5 Å². The van der Waals surface area contributed by atoms with E-state index in [1.165, 1.54) is 11.1 Å². The van der Waals surface area contributed by atoms with E-state index in [9.17, 15) is 0 Å². The average Bonchev–Trinajstić information content (AvgIpc) is 2.44. The van der Waals surface area contributed by atoms with Crippen molar-refractivity contribution in [3.63, 3.8) is 0 Å². The SMILES string of the molecule is CCCN(Cc1ccc(N)cc1)Cc1ccccc1Cl. The number of benzene rings is 2. The molecule has 0 aliphatic heterocycles. The van der Waals surface area contributed by atoms with E-state index in [0.717, 1.165) is 36.8 Å². The Labute approximate surface area is 126 Å². The third-order valence-electron chi connectivity index (χ3n) is 3.28. The van der Waals surface area contributed by atoms with Gasteiger partial charge < -0.3 is 5.73 Å². The molecule has 0 atom stereocenters. The summed E-state index contributed by atoms with van der Waals surface area (Å²) in [4.78, 5) is 2.41. The van der Waals surface area contributed by atoms with E-state index >= 15 is 0 Å². The van der Waals surface area contributed by atoms with Gasteiger partial charge in [-0.25, -0.2) is 0 Å². The largest absolute Gasteiger partial charge is 0.399 e. The monoisotopic (exact) mass is 288 g/mol. The molecule has 0 amide bonds. The molecule has 2 aromatic rings. The van der Waals surface area contributed by atoms with Crippen molar-refractivity contribution in [1.82, 2.24) is 4.90 Å². The molecular weight excluding hydrogens is 268 g/mol. The molecule has 0 aromatic heterocycles. The summed E-state index contributed by atoms with van der Waals surface area (Å²) in [6, 6.07) is 16.1. The van der Waals surface area contributed by atoms with Crippen LogP contribution in [0.4, 0.5) is 5.69 Å². The maximum absolute atomic E-state index is 6.25. The predicted molar refractivity (Wildman–Crippen MR) is 86.7 cm³/mol. The number of nitrogens with zero attached hydrogens (tertiary/aromatic N) is 1. The summed E-state index contributed by atoms with van der Waals surface area (Å²) in [5, 5.41) is 0.839. The molecule has 0 aliphatic carbocycles. The number of hydrogen-bond acceptors (Lipinski definition) is 2. The van der Waals surface area contributed by atoms with Gasteiger partial charge in [0.2, 0.25) is 0 Å². The second-order valence-corrected chi connectivity index (χ2v) is 5.45. The normalized spacial score (nSPS) is 10.9. The molecular formula is C17H21ClN2. The van der Waals surface area contributed by atoms with Gasteiger partial charge in [-0.2, -0.15) is 0 Å². The molecule has 2 N–H and O–H groups in total. The van der Waals surface area contributed by atoms with Gasteiger partial charge in [0.1, 0.15) is 0 Å². The van der Waals surface area contributed by atoms with Crippen molar-refractivity contribution in [2.45, 2.75) is 26.4 Å². The molecule has 0 bridgehead atoms. The average molecular weight is 289 g/mol. The Bertz CT molecular complexity index is 537. The summed E-state index contributed by atoms with van der Waals surface area (Å²) >= 11 is 6.25. The van der Waals surface area contributed by atoms with E-state index < -0.39 is 0 Å². The summed E-state index contributed by atoms with van der Waals surface area (Å²) in [6.07, 6.45) is 1.12. The van der Waals surface area contributed by atoms with E-state index in [0.29, 0.717) is 0 Å². The molecule has 3 heteroatoms. The highest BCUT2D eigenvalue weighted by Gasteiger charge is 2.08. The highest BCUT2D eigenvalue weighted by Crippen LogP contribution is 2.18. The molecule has 0 unspecified atom stereocenters. The molecule has 2 aromatic carbocycles. The molecule has 0 saturated heterocycles. The molecule has 0 heterocycles. The van der Waals surface area contributed by atoms with Crippen molar-refractivity contribution in [2.75, 3.05) is 12.3 Å². The van der Waals surface area contributed by atoms with Gasteiger partial charge in [0.05, 0.1) is 0 Å². The van der Waals surface area contributed by atoms with Gasteiger partial charge >= 0.3 is 0 Å². The maximum Gasteiger partial charge on any atom is 0.0451 e. The zero-order chi connectivity index (χ0) is 14.4. The second kappa shape index (κ2) is 7.32. The van der Waals surface area contributed by atoms with Crippen LogP contribution in [0, 0.1) is 0 Å². The third-order valence-corrected chi connectivity index (χ3v) is 3.65. The summed E-state index contributed by atoms with van der Waals surface area (Å²) in [5.41, 5.74) is 8.99. The molecule has 20 heavy (non-hydrogen) atoms. The van der Waals surface area contributed by atoms with Crippen molar-refractivity contribution in [2.24, 2.45) is 0 Å². The lowest BCUT2D eigenvalue weighted by Gasteiger charge is -2.22. The number of nitrogen functional groups attached to an aromatic ring is 1. The Morgan fingerprint density at radius 1 is 1.00 bits per heavy atom. The highest BCUT2D eigenvalue weighted by molar-refractivity contribution is 6.31. The van der Waals surface area contributed by atoms with E-state index in [1.807, 2.05) is 30.3 Å². The fourth-order valence-corrected chi connectivity index (χ4v) is 2.47. The lowest BCUT2D eigenvalue weighted by Crippen LogP contribution is -2.23. The van der Waals surface area contributed by atoms with Crippen molar-refractivity contribution in [3.8, 4) is 0 Å². The van der Waals surface area contributed by atoms with Crippen molar-refractivity contribution < 1.29 is 0 Å². The van der Waals surface area contributed by atoms with Gasteiger partial charge in [-0.1, -0.05) is 48.9 Å². The molecule has 0 saturated carbocycles. The van der Waals surface area contributed by atoms with Gasteiger partial charge in [-0.05, 0) is 42.3 Å². The number of hydrogen-bond donors (Lipinski definition) is 1. The molecule has 2 rings (SSSR count). The fourth-order valence-electron chi connectivity index (χ4n) is 2.28. The topological polar surface area (TPSA) is 29.3 Å². The van der Waals surface area contributed by atoms with Crippen LogP contribution in [0.15, 0.2) is 48.5 Å². The number of halogens is 1. The zero-order valence-corrected chi connectivity index (χ0v) is 12.6. The molecule has 0 radical (unpaired) electrons. The standard InChI is InChI=1S/C17H21ClN2/c1-2-11-20(12-14-7-9-16(19)10-8-14)13-15-5-3-4-6-17(15)18/h3-10H,2,11-13,19H2,1H3. The molecule has 106 valence electrons. The van der Waals surface area contributed by atoms with Gasteiger partial charge in [-0.3, -0.25) is 4.90 Å². The first-order valence-electron chi connectivity index (χ1n) is 6.99. The van der Waals surface area contributed by atoms with Crippen molar-refractivity contribution in [3.05, 3.63) is 64.7 Å². The van der Waals surface area contributed by atoms with E-state index in [2.05, 4.69) is 30.0 Å². The van der Waals surface area contributed by atoms with Crippen LogP contribution < -0.4 is 5.73 Å². The highest BCUT2D eigenvalue weighted by atomic mass is 35.5. The molecule has 0 fully saturated rings. The smallest absolute Gasteiger partial charge is 0.0451 e. The summed E-state index contributed by atoms with van der Waals surface area (Å²) < 4.78 is 0. The lowest BCUT2D eigenvalue weighted by molar-refractivity contribution is 0.257. The lowest BCUT2D eigenvalue weighted by atomic mass is 10.1. The van der Waals surface area contributed by atoms with Crippen molar-refractivity contribution >= 4 is 17.3 Å². The minimum Gasteiger partial charge on any atom is -0.399 e. The summed E-state index contributed by atoms with van der Waals surface area (Å²) in [6.45, 7) is 5.04. The zero-order valence-electron chi connectivity index (χ0n) is 11.8. The van der Waals surface area contributed by atoms with E-state index in [1.54, 1.807) is 0 Å². The second-order valence-electron chi connectivity index (χ2n) is 5.04. The Hall–Kier alpha value is -1.51. The number of nitrogens with two attached hydrogens (primary N) is 1. The summed E-state index contributed by atoms with van der Waals surface area (Å²) in [7, 11) is 0. The van der Waals surface area contributed by atoms with Crippen LogP contribution in [0.2, 0.25) is 5.02 Å². The van der Waals surface area contributed by atoms with Crippen LogP contribution in [-0.4, -0.2) is 11.4 Å². The molecule has 2 nitrogen and oxygen atoms in total. The van der Waals surface area contributed by atoms with Crippen molar-refractivity contribution in [1.29, 1.82) is 0 Å². The predicted octanol–water partition coefficient (Wildman–Crippen LogP) is 4.33. The minimum atomic E-state index is 0.807. The van der Waals surface area contributed by atoms with Gasteiger partial charge in [-0.15, -0.1) is 0 Å². The maximum atomic E-state index is 6.25. The van der Waals surface area contributed by atoms with Crippen LogP contribution in [0.3, 0.4) is 0 Å². The Morgan fingerprint density at radius 2 is 1.70 bits per heavy atom. The van der Waals surface area contributed by atoms with Crippen LogP contribution in [0.5, 0.6) is 0 Å². The van der Waals surface area contributed by atoms with Gasteiger partial charge in [0.25, 0.3) is 0 Å². The minimum absolute atomic E-state index is 0.807. The van der Waals surface area contributed by atoms with Crippen LogP contribution >= 0.6 is 11.6 Å². The Kier molecular flexibility index (Phi) is 5.45. The van der Waals surface area contributed by atoms with Crippen LogP contribution in [0.25, 0.3) is 0 Å². The first-order valence-corrected chi connectivity index (χ1v) is 7.37. The summed E-state index contributed by atoms with van der Waals surface area (Å²) in [5.74, 6) is 0. The fraction of sp³-hybridized carbons (Fsp3) is 0.294. The van der Waals surface area contributed by atoms with Gasteiger partial charge in [0, 0.05) is 23.8 Å². The first-order chi connectivity index (χ1) is 9.69. The van der Waals surface area contributed by atoms with Crippen LogP contribution in [-0.2, 0) is 13.1 Å².